The van der Waals surface area contributed by atoms with Crippen LogP contribution in [-0.4, -0.2) is 77.7 Å². The average Bonchev–Trinajstić information content (AvgIpc) is 3.34. The van der Waals surface area contributed by atoms with E-state index in [1.807, 2.05) is 32.2 Å². The molecule has 38 heavy (non-hydrogen) atoms. The maximum absolute atomic E-state index is 13.6. The number of hydrogen-bond donors (Lipinski definition) is 2. The zero-order valence-corrected chi connectivity index (χ0v) is 22.9. The number of aryl methyl sites for hydroxylation is 1. The van der Waals surface area contributed by atoms with Crippen molar-refractivity contribution in [1.82, 2.24) is 19.4 Å². The standard InChI is InChI=1S/C27H35N5O5S/c1-19-13-32(20(2)17-33)27(34)22-11-8-12-23(29-38(35,36)25-16-31(4)18-28-25)26(22)37-24(19)15-30(3)14-21-9-6-5-7-10-21/h5-12,16,18-20,24,29,33H,13-15,17H2,1-4H3/t19-,20+,24+/m0/s1. The first-order chi connectivity index (χ1) is 18.1. The number of nitrogens with one attached hydrogen (secondary N) is 1. The number of fused-ring (bicyclic) bond motifs is 1. The SMILES string of the molecule is C[C@H](CO)N1C[C@H](C)[C@@H](CN(C)Cc2ccccc2)Oc2c(NS(=O)(=O)c3cn(C)cn3)cccc2C1=O. The number of rotatable bonds is 9. The number of anilines is 1. The van der Waals surface area contributed by atoms with Gasteiger partial charge in [-0.05, 0) is 31.7 Å². The molecule has 1 aromatic heterocycles. The number of amides is 1. The fourth-order valence-electron chi connectivity index (χ4n) is 4.53. The quantitative estimate of drug-likeness (QED) is 0.428. The van der Waals surface area contributed by atoms with Gasteiger partial charge < -0.3 is 19.3 Å². The zero-order chi connectivity index (χ0) is 27.4. The fraction of sp³-hybridized carbons (Fsp3) is 0.407. The molecule has 3 aromatic rings. The number of sulfonamides is 1. The lowest BCUT2D eigenvalue weighted by molar-refractivity contribution is 0.0344. The molecule has 10 nitrogen and oxygen atoms in total. The van der Waals surface area contributed by atoms with Crippen molar-refractivity contribution in [2.75, 3.05) is 31.5 Å². The Kier molecular flexibility index (Phi) is 8.39. The van der Waals surface area contributed by atoms with E-state index in [0.717, 1.165) is 5.56 Å². The van der Waals surface area contributed by atoms with Gasteiger partial charge in [-0.25, -0.2) is 4.98 Å². The number of ether oxygens (including phenoxy) is 1. The molecule has 0 spiro atoms. The van der Waals surface area contributed by atoms with Gasteiger partial charge in [0, 0.05) is 38.8 Å². The van der Waals surface area contributed by atoms with Gasteiger partial charge in [0.2, 0.25) is 0 Å². The van der Waals surface area contributed by atoms with Crippen molar-refractivity contribution in [1.29, 1.82) is 0 Å². The van der Waals surface area contributed by atoms with E-state index in [4.69, 9.17) is 4.74 Å². The average molecular weight is 542 g/mol. The summed E-state index contributed by atoms with van der Waals surface area (Å²) in [6, 6.07) is 14.5. The van der Waals surface area contributed by atoms with Crippen LogP contribution in [0, 0.1) is 5.92 Å². The number of aromatic nitrogens is 2. The monoisotopic (exact) mass is 541 g/mol. The van der Waals surface area contributed by atoms with Crippen molar-refractivity contribution < 1.29 is 23.1 Å². The minimum absolute atomic E-state index is 0.111. The van der Waals surface area contributed by atoms with E-state index in [-0.39, 0.29) is 46.6 Å². The molecule has 11 heteroatoms. The van der Waals surface area contributed by atoms with Crippen LogP contribution >= 0.6 is 0 Å². The molecule has 0 saturated carbocycles. The van der Waals surface area contributed by atoms with E-state index in [1.54, 1.807) is 41.6 Å². The molecule has 3 atom stereocenters. The van der Waals surface area contributed by atoms with Gasteiger partial charge in [0.15, 0.2) is 10.8 Å². The van der Waals surface area contributed by atoms with Gasteiger partial charge in [0.05, 0.1) is 30.2 Å². The Labute approximate surface area is 223 Å². The van der Waals surface area contributed by atoms with Gasteiger partial charge in [-0.1, -0.05) is 43.3 Å². The van der Waals surface area contributed by atoms with E-state index < -0.39 is 16.1 Å². The van der Waals surface area contributed by atoms with Crippen LogP contribution in [0.3, 0.4) is 0 Å². The summed E-state index contributed by atoms with van der Waals surface area (Å²) in [6.45, 7) is 5.21. The predicted molar refractivity (Wildman–Crippen MR) is 144 cm³/mol. The molecular formula is C27H35N5O5S. The molecule has 0 aliphatic carbocycles. The van der Waals surface area contributed by atoms with Crippen molar-refractivity contribution >= 4 is 21.6 Å². The molecule has 1 aliphatic rings. The first kappa shape index (κ1) is 27.6. The predicted octanol–water partition coefficient (Wildman–Crippen LogP) is 2.57. The summed E-state index contributed by atoms with van der Waals surface area (Å²) in [6.07, 6.45) is 2.43. The van der Waals surface area contributed by atoms with Crippen LogP contribution in [0.1, 0.15) is 29.8 Å². The Hall–Kier alpha value is -3.41. The summed E-state index contributed by atoms with van der Waals surface area (Å²) in [7, 11) is -0.352. The van der Waals surface area contributed by atoms with Gasteiger partial charge in [-0.2, -0.15) is 8.42 Å². The van der Waals surface area contributed by atoms with Crippen molar-refractivity contribution in [2.24, 2.45) is 13.0 Å². The molecule has 0 radical (unpaired) electrons. The minimum atomic E-state index is -4.03. The lowest BCUT2D eigenvalue weighted by Gasteiger charge is -2.38. The van der Waals surface area contributed by atoms with Gasteiger partial charge in [0.25, 0.3) is 15.9 Å². The normalized spacial score (nSPS) is 18.9. The maximum Gasteiger partial charge on any atom is 0.281 e. The third kappa shape index (κ3) is 6.17. The second-order valence-corrected chi connectivity index (χ2v) is 11.6. The summed E-state index contributed by atoms with van der Waals surface area (Å²) in [5.41, 5.74) is 1.54. The van der Waals surface area contributed by atoms with Crippen LogP contribution in [0.5, 0.6) is 5.75 Å². The first-order valence-electron chi connectivity index (χ1n) is 12.5. The summed E-state index contributed by atoms with van der Waals surface area (Å²) in [4.78, 5) is 21.4. The highest BCUT2D eigenvalue weighted by Gasteiger charge is 2.35. The molecule has 1 aliphatic heterocycles. The Bertz CT molecular complexity index is 1360. The highest BCUT2D eigenvalue weighted by atomic mass is 32.2. The number of carbonyl (C=O) groups is 1. The van der Waals surface area contributed by atoms with E-state index in [2.05, 4.69) is 26.7 Å². The molecule has 2 aromatic carbocycles. The van der Waals surface area contributed by atoms with E-state index in [1.165, 1.54) is 12.5 Å². The maximum atomic E-state index is 13.6. The van der Waals surface area contributed by atoms with E-state index in [0.29, 0.717) is 19.6 Å². The van der Waals surface area contributed by atoms with E-state index >= 15 is 0 Å². The van der Waals surface area contributed by atoms with Crippen LogP contribution in [0.2, 0.25) is 0 Å². The number of likely N-dealkylation sites (N-methyl/N-ethyl adjacent to an activating group) is 1. The molecule has 0 saturated heterocycles. The summed E-state index contributed by atoms with van der Waals surface area (Å²) in [5, 5.41) is 9.74. The number of imidazole rings is 1. The van der Waals surface area contributed by atoms with Crippen molar-refractivity contribution in [2.45, 2.75) is 37.6 Å². The number of para-hydroxylation sites is 1. The molecule has 4 rings (SSSR count). The number of carbonyl (C=O) groups excluding carboxylic acids is 1. The molecule has 0 unspecified atom stereocenters. The molecule has 1 amide bonds. The summed E-state index contributed by atoms with van der Waals surface area (Å²) in [5.74, 6) is -0.278. The van der Waals surface area contributed by atoms with Crippen molar-refractivity contribution in [3.8, 4) is 5.75 Å². The zero-order valence-electron chi connectivity index (χ0n) is 22.1. The molecular weight excluding hydrogens is 506 g/mol. The number of aliphatic hydroxyl groups is 1. The summed E-state index contributed by atoms with van der Waals surface area (Å²) < 4.78 is 36.8. The molecule has 0 fully saturated rings. The van der Waals surface area contributed by atoms with Gasteiger partial charge >= 0.3 is 0 Å². The minimum Gasteiger partial charge on any atom is -0.486 e. The summed E-state index contributed by atoms with van der Waals surface area (Å²) >= 11 is 0. The van der Waals surface area contributed by atoms with E-state index in [9.17, 15) is 18.3 Å². The fourth-order valence-corrected chi connectivity index (χ4v) is 5.58. The van der Waals surface area contributed by atoms with Gasteiger partial charge in [-0.15, -0.1) is 0 Å². The Morgan fingerprint density at radius 1 is 1.21 bits per heavy atom. The van der Waals surface area contributed by atoms with Crippen LogP contribution in [0.25, 0.3) is 0 Å². The number of hydrogen-bond acceptors (Lipinski definition) is 7. The molecule has 0 bridgehead atoms. The number of nitrogens with zero attached hydrogens (tertiary/aromatic N) is 4. The topological polar surface area (TPSA) is 117 Å². The Balaban J connectivity index is 1.71. The Morgan fingerprint density at radius 2 is 1.95 bits per heavy atom. The lowest BCUT2D eigenvalue weighted by atomic mass is 9.99. The van der Waals surface area contributed by atoms with Crippen molar-refractivity contribution in [3.05, 3.63) is 72.2 Å². The largest absolute Gasteiger partial charge is 0.486 e. The van der Waals surface area contributed by atoms with Crippen LogP contribution in [0.15, 0.2) is 66.1 Å². The highest BCUT2D eigenvalue weighted by Crippen LogP contribution is 2.36. The second-order valence-electron chi connectivity index (χ2n) is 9.97. The third-order valence-electron chi connectivity index (χ3n) is 6.68. The lowest BCUT2D eigenvalue weighted by Crippen LogP contribution is -2.49. The van der Waals surface area contributed by atoms with Crippen LogP contribution in [-0.2, 0) is 23.6 Å². The third-order valence-corrected chi connectivity index (χ3v) is 7.93. The number of aliphatic hydroxyl groups excluding tert-OH is 1. The first-order valence-corrected chi connectivity index (χ1v) is 14.0. The smallest absolute Gasteiger partial charge is 0.281 e. The van der Waals surface area contributed by atoms with Crippen molar-refractivity contribution in [3.63, 3.8) is 0 Å². The number of benzene rings is 2. The van der Waals surface area contributed by atoms with Gasteiger partial charge in [-0.3, -0.25) is 14.4 Å². The van der Waals surface area contributed by atoms with Gasteiger partial charge in [0.1, 0.15) is 6.10 Å². The Morgan fingerprint density at radius 3 is 2.61 bits per heavy atom. The van der Waals surface area contributed by atoms with Crippen LogP contribution in [0.4, 0.5) is 5.69 Å². The molecule has 2 heterocycles. The second kappa shape index (κ2) is 11.5. The molecule has 2 N–H and O–H groups in total. The highest BCUT2D eigenvalue weighted by molar-refractivity contribution is 7.92. The molecule has 204 valence electrons. The van der Waals surface area contributed by atoms with Crippen LogP contribution < -0.4 is 9.46 Å².